The maximum Gasteiger partial charge on any atom is 0.150 e. The summed E-state index contributed by atoms with van der Waals surface area (Å²) in [6.07, 6.45) is 2.08. The van der Waals surface area contributed by atoms with Gasteiger partial charge in [0.25, 0.3) is 0 Å². The number of hydrogen-bond acceptors (Lipinski definition) is 5. The van der Waals surface area contributed by atoms with Crippen LogP contribution in [0.5, 0.6) is 0 Å². The van der Waals surface area contributed by atoms with Gasteiger partial charge in [-0.2, -0.15) is 0 Å². The summed E-state index contributed by atoms with van der Waals surface area (Å²) < 4.78 is 10.8. The summed E-state index contributed by atoms with van der Waals surface area (Å²) >= 11 is 0. The maximum absolute atomic E-state index is 6.07. The average molecular weight is 279 g/mol. The largest absolute Gasteiger partial charge is 0.379 e. The third-order valence-electron chi connectivity index (χ3n) is 5.09. The molecule has 112 valence electrons. The molecule has 1 saturated heterocycles. The summed E-state index contributed by atoms with van der Waals surface area (Å²) in [7, 11) is 0. The van der Waals surface area contributed by atoms with Crippen molar-refractivity contribution in [1.82, 2.24) is 10.1 Å². The number of ether oxygens (including phenoxy) is 1. The standard InChI is InChI=1S/C15H25N3O2/c1-15(2)11(8-14(15)16)7-12-9-13(20-17-12)10-18-3-5-19-6-4-18/h9,11,14H,3-8,10,16H2,1-2H3/t11-,14+/m1/s1. The molecular weight excluding hydrogens is 254 g/mol. The summed E-state index contributed by atoms with van der Waals surface area (Å²) in [5.41, 5.74) is 7.36. The van der Waals surface area contributed by atoms with Crippen LogP contribution in [0.3, 0.4) is 0 Å². The average Bonchev–Trinajstić information content (AvgIpc) is 2.87. The molecule has 2 N–H and O–H groups in total. The predicted octanol–water partition coefficient (Wildman–Crippen LogP) is 1.42. The van der Waals surface area contributed by atoms with Gasteiger partial charge in [-0.25, -0.2) is 0 Å². The Hall–Kier alpha value is -0.910. The highest BCUT2D eigenvalue weighted by molar-refractivity contribution is 5.10. The van der Waals surface area contributed by atoms with Crippen molar-refractivity contribution in [3.8, 4) is 0 Å². The molecule has 0 spiro atoms. The number of nitrogens with zero attached hydrogens (tertiary/aromatic N) is 2. The van der Waals surface area contributed by atoms with Crippen molar-refractivity contribution in [2.45, 2.75) is 39.3 Å². The van der Waals surface area contributed by atoms with E-state index in [0.717, 1.165) is 57.1 Å². The van der Waals surface area contributed by atoms with Gasteiger partial charge in [0.05, 0.1) is 25.5 Å². The highest BCUT2D eigenvalue weighted by Gasteiger charge is 2.45. The van der Waals surface area contributed by atoms with Gasteiger partial charge >= 0.3 is 0 Å². The normalized spacial score (nSPS) is 30.1. The van der Waals surface area contributed by atoms with Gasteiger partial charge in [0, 0.05) is 25.2 Å². The Morgan fingerprint density at radius 1 is 1.40 bits per heavy atom. The van der Waals surface area contributed by atoms with E-state index in [9.17, 15) is 0 Å². The lowest BCUT2D eigenvalue weighted by Gasteiger charge is -2.50. The van der Waals surface area contributed by atoms with E-state index in [1.165, 1.54) is 0 Å². The lowest BCUT2D eigenvalue weighted by atomic mass is 9.57. The molecule has 0 aromatic carbocycles. The fourth-order valence-electron chi connectivity index (χ4n) is 3.16. The van der Waals surface area contributed by atoms with Gasteiger partial charge < -0.3 is 15.0 Å². The Morgan fingerprint density at radius 3 is 2.80 bits per heavy atom. The second-order valence-corrected chi connectivity index (χ2v) is 6.74. The Balaban J connectivity index is 1.54. The lowest BCUT2D eigenvalue weighted by molar-refractivity contribution is 0.0304. The molecule has 2 atom stereocenters. The van der Waals surface area contributed by atoms with E-state index >= 15 is 0 Å². The highest BCUT2D eigenvalue weighted by Crippen LogP contribution is 2.46. The number of nitrogens with two attached hydrogens (primary N) is 1. The molecule has 0 amide bonds. The molecule has 3 rings (SSSR count). The molecule has 2 heterocycles. The second-order valence-electron chi connectivity index (χ2n) is 6.74. The molecule has 2 aliphatic rings. The van der Waals surface area contributed by atoms with Crippen molar-refractivity contribution >= 4 is 0 Å². The van der Waals surface area contributed by atoms with Crippen LogP contribution in [0, 0.1) is 11.3 Å². The Bertz CT molecular complexity index is 452. The third-order valence-corrected chi connectivity index (χ3v) is 5.09. The van der Waals surface area contributed by atoms with Crippen molar-refractivity contribution < 1.29 is 9.26 Å². The lowest BCUT2D eigenvalue weighted by Crippen LogP contribution is -2.55. The van der Waals surface area contributed by atoms with Gasteiger partial charge in [-0.05, 0) is 24.2 Å². The van der Waals surface area contributed by atoms with Crippen molar-refractivity contribution in [3.05, 3.63) is 17.5 Å². The summed E-state index contributed by atoms with van der Waals surface area (Å²) in [6.45, 7) is 8.91. The number of aromatic nitrogens is 1. The molecule has 1 aromatic heterocycles. The molecule has 1 saturated carbocycles. The molecule has 5 nitrogen and oxygen atoms in total. The zero-order valence-electron chi connectivity index (χ0n) is 12.5. The van der Waals surface area contributed by atoms with E-state index in [0.29, 0.717) is 12.0 Å². The zero-order chi connectivity index (χ0) is 14.2. The smallest absolute Gasteiger partial charge is 0.150 e. The minimum Gasteiger partial charge on any atom is -0.379 e. The van der Waals surface area contributed by atoms with Gasteiger partial charge in [0.2, 0.25) is 0 Å². The first-order valence-electron chi connectivity index (χ1n) is 7.56. The quantitative estimate of drug-likeness (QED) is 0.903. The summed E-state index contributed by atoms with van der Waals surface area (Å²) in [6, 6.07) is 2.43. The molecule has 0 unspecified atom stereocenters. The minimum atomic E-state index is 0.226. The van der Waals surface area contributed by atoms with E-state index in [-0.39, 0.29) is 5.41 Å². The highest BCUT2D eigenvalue weighted by atomic mass is 16.5. The summed E-state index contributed by atoms with van der Waals surface area (Å²) in [5, 5.41) is 4.22. The van der Waals surface area contributed by atoms with E-state index < -0.39 is 0 Å². The molecular formula is C15H25N3O2. The Morgan fingerprint density at radius 2 is 2.15 bits per heavy atom. The molecule has 0 radical (unpaired) electrons. The number of morpholine rings is 1. The molecule has 1 aromatic rings. The van der Waals surface area contributed by atoms with Crippen LogP contribution in [0.2, 0.25) is 0 Å². The number of rotatable bonds is 4. The van der Waals surface area contributed by atoms with Crippen LogP contribution in [0.15, 0.2) is 10.6 Å². The summed E-state index contributed by atoms with van der Waals surface area (Å²) in [5.74, 6) is 1.59. The van der Waals surface area contributed by atoms with Crippen molar-refractivity contribution in [1.29, 1.82) is 0 Å². The maximum atomic E-state index is 6.07. The van der Waals surface area contributed by atoms with Gasteiger partial charge in [-0.1, -0.05) is 19.0 Å². The predicted molar refractivity (Wildman–Crippen MR) is 76.2 cm³/mol. The van der Waals surface area contributed by atoms with Crippen LogP contribution in [-0.4, -0.2) is 42.4 Å². The number of hydrogen-bond donors (Lipinski definition) is 1. The van der Waals surface area contributed by atoms with Crippen LogP contribution in [0.25, 0.3) is 0 Å². The first-order chi connectivity index (χ1) is 9.55. The van der Waals surface area contributed by atoms with E-state index in [1.54, 1.807) is 0 Å². The summed E-state index contributed by atoms with van der Waals surface area (Å²) in [4.78, 5) is 2.34. The van der Waals surface area contributed by atoms with E-state index in [4.69, 9.17) is 15.0 Å². The van der Waals surface area contributed by atoms with Crippen LogP contribution in [-0.2, 0) is 17.7 Å². The van der Waals surface area contributed by atoms with Crippen LogP contribution in [0.1, 0.15) is 31.7 Å². The van der Waals surface area contributed by atoms with Crippen LogP contribution in [0.4, 0.5) is 0 Å². The fraction of sp³-hybridized carbons (Fsp3) is 0.800. The monoisotopic (exact) mass is 279 g/mol. The molecule has 2 fully saturated rings. The van der Waals surface area contributed by atoms with Crippen molar-refractivity contribution in [2.24, 2.45) is 17.1 Å². The molecule has 1 aliphatic carbocycles. The molecule has 1 aliphatic heterocycles. The van der Waals surface area contributed by atoms with Gasteiger partial charge in [-0.15, -0.1) is 0 Å². The van der Waals surface area contributed by atoms with Crippen molar-refractivity contribution in [2.75, 3.05) is 26.3 Å². The van der Waals surface area contributed by atoms with Crippen LogP contribution >= 0.6 is 0 Å². The minimum absolute atomic E-state index is 0.226. The third kappa shape index (κ3) is 2.75. The second kappa shape index (κ2) is 5.47. The van der Waals surface area contributed by atoms with E-state index in [2.05, 4.69) is 30.0 Å². The molecule has 0 bridgehead atoms. The molecule has 20 heavy (non-hydrogen) atoms. The Labute approximate surface area is 120 Å². The van der Waals surface area contributed by atoms with Gasteiger partial charge in [0.15, 0.2) is 5.76 Å². The van der Waals surface area contributed by atoms with Crippen molar-refractivity contribution in [3.63, 3.8) is 0 Å². The molecule has 5 heteroatoms. The Kier molecular flexibility index (Phi) is 3.84. The fourth-order valence-corrected chi connectivity index (χ4v) is 3.16. The first kappa shape index (κ1) is 14.0. The topological polar surface area (TPSA) is 64.5 Å². The van der Waals surface area contributed by atoms with Gasteiger partial charge in [-0.3, -0.25) is 4.90 Å². The SMILES string of the molecule is CC1(C)[C@H](Cc2cc(CN3CCOCC3)on2)C[C@@H]1N. The zero-order valence-corrected chi connectivity index (χ0v) is 12.5. The first-order valence-corrected chi connectivity index (χ1v) is 7.56. The van der Waals surface area contributed by atoms with Gasteiger partial charge in [0.1, 0.15) is 0 Å². The van der Waals surface area contributed by atoms with Crippen LogP contribution < -0.4 is 5.73 Å². The van der Waals surface area contributed by atoms with E-state index in [1.807, 2.05) is 0 Å².